The van der Waals surface area contributed by atoms with E-state index in [0.29, 0.717) is 13.0 Å². The monoisotopic (exact) mass is 286 g/mol. The lowest BCUT2D eigenvalue weighted by molar-refractivity contribution is 0.0996. The number of nitriles is 1. The zero-order valence-electron chi connectivity index (χ0n) is 12.0. The smallest absolute Gasteiger partial charge is 0.163 e. The van der Waals surface area contributed by atoms with Crippen molar-refractivity contribution in [2.24, 2.45) is 0 Å². The lowest BCUT2D eigenvalue weighted by Gasteiger charge is -2.20. The van der Waals surface area contributed by atoms with Crippen LogP contribution >= 0.6 is 0 Å². The minimum Gasteiger partial charge on any atom is -0.376 e. The molecule has 3 heterocycles. The van der Waals surface area contributed by atoms with E-state index in [1.807, 2.05) is 0 Å². The first kappa shape index (κ1) is 13.8. The summed E-state index contributed by atoms with van der Waals surface area (Å²) in [5.41, 5.74) is 0.752. The van der Waals surface area contributed by atoms with Crippen molar-refractivity contribution in [1.29, 1.82) is 5.26 Å². The van der Waals surface area contributed by atoms with Crippen LogP contribution in [0.15, 0.2) is 12.5 Å². The van der Waals surface area contributed by atoms with Crippen LogP contribution < -0.4 is 5.32 Å². The normalized spacial score (nSPS) is 19.5. The third-order valence-corrected chi connectivity index (χ3v) is 3.76. The number of ether oxygens (including phenoxy) is 1. The molecule has 0 aliphatic carbocycles. The summed E-state index contributed by atoms with van der Waals surface area (Å²) >= 11 is 0. The molecule has 21 heavy (non-hydrogen) atoms. The van der Waals surface area contributed by atoms with Crippen LogP contribution in [0.4, 0.5) is 5.82 Å². The van der Waals surface area contributed by atoms with Crippen molar-refractivity contribution in [3.63, 3.8) is 0 Å². The maximum Gasteiger partial charge on any atom is 0.163 e. The first-order chi connectivity index (χ1) is 10.3. The average Bonchev–Trinajstić information content (AvgIpc) is 3.15. The maximum absolute atomic E-state index is 8.68. The van der Waals surface area contributed by atoms with Crippen molar-refractivity contribution in [3.8, 4) is 6.07 Å². The van der Waals surface area contributed by atoms with Crippen molar-refractivity contribution in [2.45, 2.75) is 44.9 Å². The summed E-state index contributed by atoms with van der Waals surface area (Å²) < 4.78 is 7.43. The van der Waals surface area contributed by atoms with Gasteiger partial charge in [0, 0.05) is 6.61 Å². The minimum atomic E-state index is 0.188. The number of hydrogen-bond acceptors (Lipinski definition) is 6. The van der Waals surface area contributed by atoms with Gasteiger partial charge in [0.25, 0.3) is 0 Å². The van der Waals surface area contributed by atoms with Crippen LogP contribution in [-0.4, -0.2) is 38.5 Å². The Bertz CT molecular complexity index is 655. The highest BCUT2D eigenvalue weighted by atomic mass is 16.5. The third kappa shape index (κ3) is 2.81. The molecule has 110 valence electrons. The summed E-state index contributed by atoms with van der Waals surface area (Å²) in [5, 5.41) is 17.2. The first-order valence-electron chi connectivity index (χ1n) is 7.21. The van der Waals surface area contributed by atoms with Crippen molar-refractivity contribution in [3.05, 3.63) is 12.5 Å². The van der Waals surface area contributed by atoms with Crippen LogP contribution in [0.25, 0.3) is 11.0 Å². The standard InChI is InChI=1S/C14H18N6O/c1-10(12-4-2-7-21-12)19-13-11-8-18-20(6-3-5-15)14(11)17-9-16-13/h8-10,12H,2-4,6-7H2,1H3,(H,16,17,19). The number of hydrogen-bond donors (Lipinski definition) is 1. The zero-order valence-corrected chi connectivity index (χ0v) is 12.0. The van der Waals surface area contributed by atoms with Crippen LogP contribution in [-0.2, 0) is 11.3 Å². The van der Waals surface area contributed by atoms with Gasteiger partial charge in [0.1, 0.15) is 12.1 Å². The Kier molecular flexibility index (Phi) is 3.97. The molecular weight excluding hydrogens is 268 g/mol. The van der Waals surface area contributed by atoms with Crippen molar-refractivity contribution in [1.82, 2.24) is 19.7 Å². The summed E-state index contributed by atoms with van der Waals surface area (Å²) in [6.07, 6.45) is 6.10. The van der Waals surface area contributed by atoms with Gasteiger partial charge in [-0.25, -0.2) is 14.6 Å². The van der Waals surface area contributed by atoms with Crippen LogP contribution in [0.2, 0.25) is 0 Å². The Labute approximate surface area is 122 Å². The van der Waals surface area contributed by atoms with Crippen LogP contribution in [0.5, 0.6) is 0 Å². The lowest BCUT2D eigenvalue weighted by atomic mass is 10.1. The van der Waals surface area contributed by atoms with Gasteiger partial charge in [-0.05, 0) is 19.8 Å². The molecule has 0 saturated carbocycles. The van der Waals surface area contributed by atoms with E-state index < -0.39 is 0 Å². The highest BCUT2D eigenvalue weighted by molar-refractivity contribution is 5.86. The number of nitrogens with zero attached hydrogens (tertiary/aromatic N) is 5. The molecular formula is C14H18N6O. The number of anilines is 1. The van der Waals surface area contributed by atoms with E-state index in [-0.39, 0.29) is 12.1 Å². The van der Waals surface area contributed by atoms with E-state index in [1.165, 1.54) is 6.33 Å². The maximum atomic E-state index is 8.68. The van der Waals surface area contributed by atoms with Gasteiger partial charge < -0.3 is 10.1 Å². The Hall–Kier alpha value is -2.20. The van der Waals surface area contributed by atoms with Gasteiger partial charge in [0.15, 0.2) is 5.65 Å². The fourth-order valence-corrected chi connectivity index (χ4v) is 2.63. The second-order valence-corrected chi connectivity index (χ2v) is 5.22. The molecule has 2 unspecified atom stereocenters. The number of rotatable bonds is 5. The average molecular weight is 286 g/mol. The van der Waals surface area contributed by atoms with Gasteiger partial charge in [-0.15, -0.1) is 0 Å². The highest BCUT2D eigenvalue weighted by Crippen LogP contribution is 2.23. The van der Waals surface area contributed by atoms with Gasteiger partial charge in [-0.2, -0.15) is 10.4 Å². The molecule has 1 N–H and O–H groups in total. The molecule has 1 aliphatic heterocycles. The predicted molar refractivity (Wildman–Crippen MR) is 77.6 cm³/mol. The number of nitrogens with one attached hydrogen (secondary N) is 1. The summed E-state index contributed by atoms with van der Waals surface area (Å²) in [5.74, 6) is 0.770. The van der Waals surface area contributed by atoms with E-state index in [9.17, 15) is 0 Å². The third-order valence-electron chi connectivity index (χ3n) is 3.76. The molecule has 7 nitrogen and oxygen atoms in total. The molecule has 7 heteroatoms. The van der Waals surface area contributed by atoms with Crippen LogP contribution in [0, 0.1) is 11.3 Å². The summed E-state index contributed by atoms with van der Waals surface area (Å²) in [7, 11) is 0. The summed E-state index contributed by atoms with van der Waals surface area (Å²) in [4.78, 5) is 8.58. The van der Waals surface area contributed by atoms with Crippen LogP contribution in [0.1, 0.15) is 26.2 Å². The van der Waals surface area contributed by atoms with Gasteiger partial charge in [0.05, 0.1) is 42.8 Å². The van der Waals surface area contributed by atoms with Gasteiger partial charge in [-0.3, -0.25) is 0 Å². The molecule has 0 bridgehead atoms. The number of aryl methyl sites for hydroxylation is 1. The lowest BCUT2D eigenvalue weighted by Crippen LogP contribution is -2.30. The number of aromatic nitrogens is 4. The topological polar surface area (TPSA) is 88.7 Å². The first-order valence-corrected chi connectivity index (χ1v) is 7.21. The second-order valence-electron chi connectivity index (χ2n) is 5.22. The molecule has 2 aromatic heterocycles. The number of fused-ring (bicyclic) bond motifs is 1. The molecule has 0 aromatic carbocycles. The van der Waals surface area contributed by atoms with E-state index in [2.05, 4.69) is 33.4 Å². The van der Waals surface area contributed by atoms with Crippen LogP contribution in [0.3, 0.4) is 0 Å². The zero-order chi connectivity index (χ0) is 14.7. The summed E-state index contributed by atoms with van der Waals surface area (Å²) in [6.45, 7) is 3.48. The molecule has 1 saturated heterocycles. The van der Waals surface area contributed by atoms with E-state index in [0.717, 1.165) is 36.3 Å². The SMILES string of the molecule is CC(Nc1ncnc2c1cnn2CCC#N)C1CCCO1. The molecule has 1 fully saturated rings. The van der Waals surface area contributed by atoms with Gasteiger partial charge in [-0.1, -0.05) is 0 Å². The molecule has 0 spiro atoms. The largest absolute Gasteiger partial charge is 0.376 e. The molecule has 0 amide bonds. The van der Waals surface area contributed by atoms with Crippen molar-refractivity contribution in [2.75, 3.05) is 11.9 Å². The molecule has 0 radical (unpaired) electrons. The fourth-order valence-electron chi connectivity index (χ4n) is 2.63. The molecule has 3 rings (SSSR count). The van der Waals surface area contributed by atoms with E-state index in [1.54, 1.807) is 10.9 Å². The quantitative estimate of drug-likeness (QED) is 0.900. The van der Waals surface area contributed by atoms with E-state index in [4.69, 9.17) is 10.00 Å². The summed E-state index contributed by atoms with van der Waals surface area (Å²) in [6, 6.07) is 2.31. The van der Waals surface area contributed by atoms with Gasteiger partial charge in [0.2, 0.25) is 0 Å². The highest BCUT2D eigenvalue weighted by Gasteiger charge is 2.23. The van der Waals surface area contributed by atoms with Crippen molar-refractivity contribution < 1.29 is 4.74 Å². The Morgan fingerprint density at radius 3 is 3.24 bits per heavy atom. The van der Waals surface area contributed by atoms with E-state index >= 15 is 0 Å². The Morgan fingerprint density at radius 2 is 2.48 bits per heavy atom. The second kappa shape index (κ2) is 6.06. The molecule has 1 aliphatic rings. The Balaban J connectivity index is 1.82. The molecule has 2 atom stereocenters. The molecule has 2 aromatic rings. The fraction of sp³-hybridized carbons (Fsp3) is 0.571. The minimum absolute atomic E-state index is 0.188. The van der Waals surface area contributed by atoms with Crippen molar-refractivity contribution >= 4 is 16.9 Å². The van der Waals surface area contributed by atoms with Gasteiger partial charge >= 0.3 is 0 Å². The predicted octanol–water partition coefficient (Wildman–Crippen LogP) is 1.72. The Morgan fingerprint density at radius 1 is 1.57 bits per heavy atom.